The van der Waals surface area contributed by atoms with Crippen molar-refractivity contribution in [1.29, 1.82) is 0 Å². The van der Waals surface area contributed by atoms with Crippen LogP contribution in [0.5, 0.6) is 0 Å². The summed E-state index contributed by atoms with van der Waals surface area (Å²) in [6.07, 6.45) is 46.6. The van der Waals surface area contributed by atoms with Gasteiger partial charge in [-0.1, -0.05) is 272 Å². The van der Waals surface area contributed by atoms with Gasteiger partial charge in [-0.25, -0.2) is 4.79 Å². The van der Waals surface area contributed by atoms with Gasteiger partial charge in [-0.2, -0.15) is 0 Å². The minimum absolute atomic E-state index is 0.0183. The first kappa shape index (κ1) is 72.3. The summed E-state index contributed by atoms with van der Waals surface area (Å²) in [6, 6.07) is 0. The Morgan fingerprint density at radius 2 is 0.547 bits per heavy atom. The zero-order valence-corrected chi connectivity index (χ0v) is 49.2. The van der Waals surface area contributed by atoms with E-state index in [0.29, 0.717) is 25.7 Å². The Kier molecular flexibility index (Phi) is 51.3. The molecule has 0 amide bonds. The van der Waals surface area contributed by atoms with Gasteiger partial charge in [0.05, 0.1) is 38.1 Å². The first-order chi connectivity index (χ1) is 36.5. The van der Waals surface area contributed by atoms with Crippen LogP contribution in [0.1, 0.15) is 323 Å². The van der Waals surface area contributed by atoms with Gasteiger partial charge in [0, 0.05) is 12.8 Å². The lowest BCUT2D eigenvalue weighted by Gasteiger charge is -2.31. The van der Waals surface area contributed by atoms with Crippen molar-refractivity contribution in [3.05, 3.63) is 0 Å². The molecule has 2 N–H and O–H groups in total. The normalized spacial score (nSPS) is 12.3. The Hall–Kier alpha value is -2.73. The van der Waals surface area contributed by atoms with Gasteiger partial charge in [0.1, 0.15) is 19.8 Å². The zero-order chi connectivity index (χ0) is 55.2. The third-order valence-electron chi connectivity index (χ3n) is 14.7. The van der Waals surface area contributed by atoms with Gasteiger partial charge in [-0.05, 0) is 25.7 Å². The van der Waals surface area contributed by atoms with Gasteiger partial charge < -0.3 is 33.9 Å². The number of carbonyl (C=O) groups is 5. The number of hydrogen-bond donors (Lipinski definition) is 2. The fourth-order valence-corrected chi connectivity index (χ4v) is 9.42. The van der Waals surface area contributed by atoms with Gasteiger partial charge >= 0.3 is 29.8 Å². The topological polar surface area (TPSA) is 172 Å². The summed E-state index contributed by atoms with van der Waals surface area (Å²) in [4.78, 5) is 65.8. The number of unbranched alkanes of at least 4 members (excludes halogenated alkanes) is 38. The number of ether oxygens (including phenoxy) is 5. The predicted molar refractivity (Wildman–Crippen MR) is 304 cm³/mol. The number of rotatable bonds is 58. The number of carbonyl (C=O) groups excluding carboxylic acids is 5. The largest absolute Gasteiger partial charge is 0.466 e. The van der Waals surface area contributed by atoms with Crippen LogP contribution in [0, 0.1) is 5.41 Å². The van der Waals surface area contributed by atoms with E-state index in [4.69, 9.17) is 23.7 Å². The summed E-state index contributed by atoms with van der Waals surface area (Å²) in [6.45, 7) is 6.87. The van der Waals surface area contributed by atoms with E-state index in [9.17, 15) is 34.2 Å². The maximum Gasteiger partial charge on any atom is 0.339 e. The molecule has 0 spiro atoms. The summed E-state index contributed by atoms with van der Waals surface area (Å²) < 4.78 is 27.7. The summed E-state index contributed by atoms with van der Waals surface area (Å²) in [7, 11) is 0. The SMILES string of the molecule is CCCCCCCCCCCCCCCCCCOC(=O)CC(O)(CC(=O)OCC(CO)(COC(=O)CCCCCCC)COC(=O)CCCCCCC)C(=O)OCCCCCCCCCCCCCCCCCC. The van der Waals surface area contributed by atoms with E-state index in [1.807, 2.05) is 0 Å². The molecule has 0 radical (unpaired) electrons. The highest BCUT2D eigenvalue weighted by Gasteiger charge is 2.44. The van der Waals surface area contributed by atoms with Crippen molar-refractivity contribution in [3.8, 4) is 0 Å². The monoisotopic (exact) mass is 1070 g/mol. The van der Waals surface area contributed by atoms with E-state index in [1.165, 1.54) is 154 Å². The molecule has 0 aliphatic rings. The molecule has 0 bridgehead atoms. The van der Waals surface area contributed by atoms with Crippen molar-refractivity contribution in [2.75, 3.05) is 39.6 Å². The van der Waals surface area contributed by atoms with E-state index in [0.717, 1.165) is 89.9 Å². The van der Waals surface area contributed by atoms with Crippen LogP contribution < -0.4 is 0 Å². The van der Waals surface area contributed by atoms with Crippen molar-refractivity contribution >= 4 is 29.8 Å². The summed E-state index contributed by atoms with van der Waals surface area (Å²) in [5, 5.41) is 22.4. The number of hydrogen-bond acceptors (Lipinski definition) is 12. The molecule has 12 nitrogen and oxygen atoms in total. The molecular weight excluding hydrogens is 949 g/mol. The Labute approximate surface area is 459 Å². The van der Waals surface area contributed by atoms with Crippen molar-refractivity contribution in [1.82, 2.24) is 0 Å². The molecule has 0 rings (SSSR count). The van der Waals surface area contributed by atoms with E-state index in [1.54, 1.807) is 0 Å². The van der Waals surface area contributed by atoms with Gasteiger partial charge in [-0.15, -0.1) is 0 Å². The van der Waals surface area contributed by atoms with Crippen LogP contribution in [0.25, 0.3) is 0 Å². The summed E-state index contributed by atoms with van der Waals surface area (Å²) in [5.74, 6) is -3.98. The van der Waals surface area contributed by atoms with Gasteiger partial charge in [-0.3, -0.25) is 19.2 Å². The lowest BCUT2D eigenvalue weighted by molar-refractivity contribution is -0.180. The molecule has 0 aliphatic heterocycles. The van der Waals surface area contributed by atoms with Crippen LogP contribution in [0.4, 0.5) is 0 Å². The summed E-state index contributed by atoms with van der Waals surface area (Å²) >= 11 is 0. The van der Waals surface area contributed by atoms with Crippen LogP contribution in [0.2, 0.25) is 0 Å². The molecule has 442 valence electrons. The Morgan fingerprint density at radius 3 is 0.840 bits per heavy atom. The van der Waals surface area contributed by atoms with Crippen molar-refractivity contribution in [2.45, 2.75) is 329 Å². The number of esters is 5. The third kappa shape index (κ3) is 45.9. The average molecular weight is 1070 g/mol. The smallest absolute Gasteiger partial charge is 0.339 e. The van der Waals surface area contributed by atoms with Crippen LogP contribution in [0.15, 0.2) is 0 Å². The highest BCUT2D eigenvalue weighted by Crippen LogP contribution is 2.25. The Balaban J connectivity index is 5.36. The van der Waals surface area contributed by atoms with E-state index in [2.05, 4.69) is 27.7 Å². The number of aliphatic hydroxyl groups is 2. The highest BCUT2D eigenvalue weighted by molar-refractivity contribution is 5.90. The molecule has 75 heavy (non-hydrogen) atoms. The second kappa shape index (κ2) is 53.3. The lowest BCUT2D eigenvalue weighted by atomic mass is 9.92. The molecule has 0 aliphatic carbocycles. The second-order valence-electron chi connectivity index (χ2n) is 22.3. The fraction of sp³-hybridized carbons (Fsp3) is 0.921. The molecular formula is C63H118O12. The quantitative estimate of drug-likeness (QED) is 0.0336. The van der Waals surface area contributed by atoms with Crippen LogP contribution in [0.3, 0.4) is 0 Å². The maximum absolute atomic E-state index is 13.6. The van der Waals surface area contributed by atoms with E-state index in [-0.39, 0.29) is 26.1 Å². The number of aliphatic hydroxyl groups excluding tert-OH is 1. The molecule has 0 saturated carbocycles. The highest BCUT2D eigenvalue weighted by atomic mass is 16.6. The second-order valence-corrected chi connectivity index (χ2v) is 22.3. The van der Waals surface area contributed by atoms with Crippen LogP contribution >= 0.6 is 0 Å². The fourth-order valence-electron chi connectivity index (χ4n) is 9.42. The van der Waals surface area contributed by atoms with Gasteiger partial charge in [0.2, 0.25) is 0 Å². The minimum Gasteiger partial charge on any atom is -0.466 e. The molecule has 12 heteroatoms. The van der Waals surface area contributed by atoms with E-state index < -0.39 is 80.1 Å². The van der Waals surface area contributed by atoms with Crippen molar-refractivity contribution in [2.24, 2.45) is 5.41 Å². The zero-order valence-electron chi connectivity index (χ0n) is 49.2. The Morgan fingerprint density at radius 1 is 0.307 bits per heavy atom. The Bertz CT molecular complexity index is 1310. The summed E-state index contributed by atoms with van der Waals surface area (Å²) in [5.41, 5.74) is -4.09. The maximum atomic E-state index is 13.6. The standard InChI is InChI=1S/C63H118O12/c1-5-9-13-17-19-21-23-25-27-29-31-33-35-37-41-45-49-71-59(67)51-63(70,61(69)72-50-46-42-38-36-34-32-30-28-26-24-22-20-18-14-10-6-2)52-60(68)75-56-62(53-64,54-73-57(65)47-43-39-15-11-7-3)55-74-58(66)48-44-40-16-12-8-4/h64,70H,5-56H2,1-4H3. The molecule has 0 aromatic heterocycles. The first-order valence-electron chi connectivity index (χ1n) is 31.6. The molecule has 1 atom stereocenters. The van der Waals surface area contributed by atoms with Crippen LogP contribution in [-0.2, 0) is 47.7 Å². The van der Waals surface area contributed by atoms with Gasteiger partial charge in [0.15, 0.2) is 5.60 Å². The van der Waals surface area contributed by atoms with E-state index >= 15 is 0 Å². The molecule has 0 saturated heterocycles. The van der Waals surface area contributed by atoms with Crippen LogP contribution in [-0.4, -0.2) is 85.3 Å². The predicted octanol–water partition coefficient (Wildman–Crippen LogP) is 16.4. The average Bonchev–Trinajstić information content (AvgIpc) is 3.40. The third-order valence-corrected chi connectivity index (χ3v) is 14.7. The van der Waals surface area contributed by atoms with Gasteiger partial charge in [0.25, 0.3) is 0 Å². The molecule has 1 unspecified atom stereocenters. The minimum atomic E-state index is -2.58. The lowest BCUT2D eigenvalue weighted by Crippen LogP contribution is -2.46. The van der Waals surface area contributed by atoms with Crippen molar-refractivity contribution < 1.29 is 57.9 Å². The molecule has 0 heterocycles. The molecule has 0 aromatic carbocycles. The first-order valence-corrected chi connectivity index (χ1v) is 31.6. The molecule has 0 fully saturated rings. The molecule has 0 aromatic rings. The van der Waals surface area contributed by atoms with Crippen molar-refractivity contribution in [3.63, 3.8) is 0 Å².